The lowest BCUT2D eigenvalue weighted by Gasteiger charge is -2.07. The first kappa shape index (κ1) is 15.8. The predicted molar refractivity (Wildman–Crippen MR) is 101 cm³/mol. The molecule has 24 heavy (non-hydrogen) atoms. The lowest BCUT2D eigenvalue weighted by molar-refractivity contribution is 0.340. The molecule has 0 radical (unpaired) electrons. The van der Waals surface area contributed by atoms with E-state index < -0.39 is 0 Å². The van der Waals surface area contributed by atoms with E-state index in [9.17, 15) is 0 Å². The Balaban J connectivity index is 1.70. The highest BCUT2D eigenvalue weighted by molar-refractivity contribution is 5.85. The molecule has 1 N–H and O–H groups in total. The zero-order valence-corrected chi connectivity index (χ0v) is 13.6. The van der Waals surface area contributed by atoms with Crippen molar-refractivity contribution in [1.29, 1.82) is 0 Å². The summed E-state index contributed by atoms with van der Waals surface area (Å²) in [4.78, 5) is 4.53. The van der Waals surface area contributed by atoms with Crippen LogP contribution >= 0.6 is 0 Å². The highest BCUT2D eigenvalue weighted by Crippen LogP contribution is 2.21. The molecule has 0 spiro atoms. The summed E-state index contributed by atoms with van der Waals surface area (Å²) in [6.07, 6.45) is 1.84. The number of ether oxygens (including phenoxy) is 1. The largest absolute Gasteiger partial charge is 0.493 e. The molecule has 0 unspecified atom stereocenters. The number of hydrogen-bond acceptors (Lipinski definition) is 3. The van der Waals surface area contributed by atoms with Crippen molar-refractivity contribution in [2.75, 3.05) is 11.9 Å². The zero-order valence-electron chi connectivity index (χ0n) is 13.6. The fourth-order valence-corrected chi connectivity index (χ4v) is 2.34. The first-order chi connectivity index (χ1) is 11.8. The molecule has 0 fully saturated rings. The van der Waals surface area contributed by atoms with Gasteiger partial charge in [0.1, 0.15) is 5.75 Å². The Morgan fingerprint density at radius 2 is 1.50 bits per heavy atom. The summed E-state index contributed by atoms with van der Waals surface area (Å²) in [6, 6.07) is 26.0. The van der Waals surface area contributed by atoms with Crippen molar-refractivity contribution in [3.8, 4) is 5.75 Å². The summed E-state index contributed by atoms with van der Waals surface area (Å²) in [5.41, 5.74) is 3.99. The van der Waals surface area contributed by atoms with Crippen LogP contribution in [0.2, 0.25) is 0 Å². The van der Waals surface area contributed by atoms with Crippen molar-refractivity contribution < 1.29 is 4.74 Å². The number of hydrogen-bond donors (Lipinski definition) is 1. The summed E-state index contributed by atoms with van der Waals surface area (Å²) in [5, 5.41) is 3.36. The molecule has 0 heterocycles. The Bertz CT molecular complexity index is 796. The van der Waals surface area contributed by atoms with Crippen LogP contribution in [0.4, 0.5) is 17.1 Å². The molecule has 0 bridgehead atoms. The van der Waals surface area contributed by atoms with Gasteiger partial charge in [-0.1, -0.05) is 30.3 Å². The maximum Gasteiger partial charge on any atom is 0.128 e. The van der Waals surface area contributed by atoms with Crippen LogP contribution in [-0.4, -0.2) is 12.8 Å². The topological polar surface area (TPSA) is 33.6 Å². The molecule has 0 aliphatic heterocycles. The van der Waals surface area contributed by atoms with Crippen LogP contribution in [0.25, 0.3) is 0 Å². The molecule has 0 saturated carbocycles. The van der Waals surface area contributed by atoms with Gasteiger partial charge in [0.15, 0.2) is 0 Å². The minimum Gasteiger partial charge on any atom is -0.493 e. The molecule has 0 atom stereocenters. The monoisotopic (exact) mass is 316 g/mol. The summed E-state index contributed by atoms with van der Waals surface area (Å²) in [5.74, 6) is 0.853. The second-order valence-electron chi connectivity index (χ2n) is 5.27. The fraction of sp³-hybridized carbons (Fsp3) is 0.0952. The standard InChI is InChI=1S/C21H20N2O/c1-2-24-21-11-7-6-8-17(21)16-22-18-12-14-20(15-13-18)23-19-9-4-3-5-10-19/h3-16,23H,2H2,1H3. The smallest absolute Gasteiger partial charge is 0.128 e. The van der Waals surface area contributed by atoms with Crippen LogP contribution in [0.5, 0.6) is 5.75 Å². The summed E-state index contributed by atoms with van der Waals surface area (Å²) in [7, 11) is 0. The number of aliphatic imine (C=N–C) groups is 1. The van der Waals surface area contributed by atoms with Crippen molar-refractivity contribution in [3.63, 3.8) is 0 Å². The zero-order chi connectivity index (χ0) is 16.6. The van der Waals surface area contributed by atoms with Crippen molar-refractivity contribution in [2.45, 2.75) is 6.92 Å². The molecule has 0 aliphatic carbocycles. The molecule has 3 aromatic carbocycles. The molecule has 0 aliphatic rings. The van der Waals surface area contributed by atoms with Gasteiger partial charge >= 0.3 is 0 Å². The molecule has 3 heteroatoms. The van der Waals surface area contributed by atoms with Crippen LogP contribution in [-0.2, 0) is 0 Å². The van der Waals surface area contributed by atoms with Gasteiger partial charge in [-0.05, 0) is 55.5 Å². The van der Waals surface area contributed by atoms with E-state index >= 15 is 0 Å². The summed E-state index contributed by atoms with van der Waals surface area (Å²) in [6.45, 7) is 2.62. The molecule has 120 valence electrons. The average molecular weight is 316 g/mol. The van der Waals surface area contributed by atoms with E-state index in [1.54, 1.807) is 0 Å². The predicted octanol–water partition coefficient (Wildman–Crippen LogP) is 5.58. The number of para-hydroxylation sites is 2. The van der Waals surface area contributed by atoms with Gasteiger partial charge in [0, 0.05) is 23.2 Å². The Labute approximate surface area is 142 Å². The average Bonchev–Trinajstić information content (AvgIpc) is 2.63. The molecular weight excluding hydrogens is 296 g/mol. The number of nitrogens with zero attached hydrogens (tertiary/aromatic N) is 1. The van der Waals surface area contributed by atoms with Gasteiger partial charge in [0.2, 0.25) is 0 Å². The Hall–Kier alpha value is -3.07. The number of rotatable bonds is 6. The SMILES string of the molecule is CCOc1ccccc1C=Nc1ccc(Nc2ccccc2)cc1. The molecule has 3 nitrogen and oxygen atoms in total. The Kier molecular flexibility index (Phi) is 5.25. The van der Waals surface area contributed by atoms with E-state index in [-0.39, 0.29) is 0 Å². The number of benzene rings is 3. The van der Waals surface area contributed by atoms with E-state index in [4.69, 9.17) is 4.74 Å². The first-order valence-electron chi connectivity index (χ1n) is 8.03. The normalized spacial score (nSPS) is 10.7. The van der Waals surface area contributed by atoms with Crippen molar-refractivity contribution in [2.24, 2.45) is 4.99 Å². The molecule has 0 aromatic heterocycles. The van der Waals surface area contributed by atoms with E-state index in [1.165, 1.54) is 0 Å². The van der Waals surface area contributed by atoms with Crippen LogP contribution in [0.15, 0.2) is 83.9 Å². The minimum absolute atomic E-state index is 0.644. The molecule has 0 amide bonds. The van der Waals surface area contributed by atoms with E-state index in [2.05, 4.69) is 10.3 Å². The van der Waals surface area contributed by atoms with Crippen molar-refractivity contribution in [3.05, 3.63) is 84.4 Å². The molecular formula is C21H20N2O. The quantitative estimate of drug-likeness (QED) is 0.602. The third kappa shape index (κ3) is 4.23. The van der Waals surface area contributed by atoms with E-state index in [0.717, 1.165) is 28.4 Å². The maximum absolute atomic E-state index is 5.61. The summed E-state index contributed by atoms with van der Waals surface area (Å²) >= 11 is 0. The van der Waals surface area contributed by atoms with E-state index in [0.29, 0.717) is 6.61 Å². The van der Waals surface area contributed by atoms with Crippen LogP contribution in [0.3, 0.4) is 0 Å². The Morgan fingerprint density at radius 3 is 2.25 bits per heavy atom. The second-order valence-corrected chi connectivity index (χ2v) is 5.27. The lowest BCUT2D eigenvalue weighted by atomic mass is 10.2. The molecule has 3 rings (SSSR count). The highest BCUT2D eigenvalue weighted by Gasteiger charge is 1.99. The van der Waals surface area contributed by atoms with Gasteiger partial charge < -0.3 is 10.1 Å². The number of nitrogens with one attached hydrogen (secondary N) is 1. The minimum atomic E-state index is 0.644. The van der Waals surface area contributed by atoms with Crippen LogP contribution in [0, 0.1) is 0 Å². The fourth-order valence-electron chi connectivity index (χ4n) is 2.34. The van der Waals surface area contributed by atoms with Crippen molar-refractivity contribution in [1.82, 2.24) is 0 Å². The van der Waals surface area contributed by atoms with Gasteiger partial charge in [-0.2, -0.15) is 0 Å². The highest BCUT2D eigenvalue weighted by atomic mass is 16.5. The third-order valence-electron chi connectivity index (χ3n) is 3.50. The maximum atomic E-state index is 5.61. The number of anilines is 2. The van der Waals surface area contributed by atoms with Gasteiger partial charge in [-0.25, -0.2) is 0 Å². The van der Waals surface area contributed by atoms with Crippen molar-refractivity contribution >= 4 is 23.3 Å². The van der Waals surface area contributed by atoms with Gasteiger partial charge in [-0.15, -0.1) is 0 Å². The first-order valence-corrected chi connectivity index (χ1v) is 8.03. The van der Waals surface area contributed by atoms with Gasteiger partial charge in [0.25, 0.3) is 0 Å². The lowest BCUT2D eigenvalue weighted by Crippen LogP contribution is -1.95. The van der Waals surface area contributed by atoms with Crippen LogP contribution < -0.4 is 10.1 Å². The van der Waals surface area contributed by atoms with E-state index in [1.807, 2.05) is 92.0 Å². The third-order valence-corrected chi connectivity index (χ3v) is 3.50. The molecule has 0 saturated heterocycles. The van der Waals surface area contributed by atoms with Gasteiger partial charge in [0.05, 0.1) is 12.3 Å². The summed E-state index contributed by atoms with van der Waals surface area (Å²) < 4.78 is 5.61. The van der Waals surface area contributed by atoms with Gasteiger partial charge in [-0.3, -0.25) is 4.99 Å². The Morgan fingerprint density at radius 1 is 0.833 bits per heavy atom. The van der Waals surface area contributed by atoms with Crippen LogP contribution in [0.1, 0.15) is 12.5 Å². The molecule has 3 aromatic rings. The second kappa shape index (κ2) is 7.97.